The van der Waals surface area contributed by atoms with Gasteiger partial charge in [0.15, 0.2) is 6.29 Å². The summed E-state index contributed by atoms with van der Waals surface area (Å²) in [5.74, 6) is 0.436. The standard InChI is InChI=1S/C13H22O2/c1-5-8-11(2)13(3,4)12-14-9-6-7-10-15-12/h5-8,11-12H,9-10H2,1-4H3. The molecular formula is C13H22O2. The first kappa shape index (κ1) is 12.5. The minimum absolute atomic E-state index is 0.00146. The first-order chi connectivity index (χ1) is 7.09. The molecular weight excluding hydrogens is 188 g/mol. The minimum atomic E-state index is -0.126. The fraction of sp³-hybridized carbons (Fsp3) is 0.692. The molecule has 15 heavy (non-hydrogen) atoms. The summed E-state index contributed by atoms with van der Waals surface area (Å²) in [5, 5.41) is 0. The summed E-state index contributed by atoms with van der Waals surface area (Å²) in [4.78, 5) is 0. The van der Waals surface area contributed by atoms with Crippen molar-refractivity contribution in [3.8, 4) is 0 Å². The van der Waals surface area contributed by atoms with E-state index >= 15 is 0 Å². The fourth-order valence-electron chi connectivity index (χ4n) is 1.65. The van der Waals surface area contributed by atoms with Crippen LogP contribution in [0.3, 0.4) is 0 Å². The van der Waals surface area contributed by atoms with Crippen molar-refractivity contribution >= 4 is 0 Å². The Morgan fingerprint density at radius 3 is 2.27 bits per heavy atom. The summed E-state index contributed by atoms with van der Waals surface area (Å²) in [6.45, 7) is 9.92. The van der Waals surface area contributed by atoms with Crippen LogP contribution >= 0.6 is 0 Å². The molecule has 0 amide bonds. The van der Waals surface area contributed by atoms with Gasteiger partial charge in [-0.1, -0.05) is 45.1 Å². The monoisotopic (exact) mass is 210 g/mol. The van der Waals surface area contributed by atoms with E-state index in [4.69, 9.17) is 9.47 Å². The summed E-state index contributed by atoms with van der Waals surface area (Å²) < 4.78 is 11.4. The van der Waals surface area contributed by atoms with E-state index in [1.165, 1.54) is 0 Å². The van der Waals surface area contributed by atoms with Gasteiger partial charge in [0, 0.05) is 5.41 Å². The first-order valence-electron chi connectivity index (χ1n) is 5.60. The average Bonchev–Trinajstić information content (AvgIpc) is 2.46. The van der Waals surface area contributed by atoms with Gasteiger partial charge in [-0.3, -0.25) is 0 Å². The summed E-state index contributed by atoms with van der Waals surface area (Å²) >= 11 is 0. The van der Waals surface area contributed by atoms with Gasteiger partial charge in [-0.25, -0.2) is 0 Å². The maximum absolute atomic E-state index is 5.69. The number of rotatable bonds is 3. The van der Waals surface area contributed by atoms with Crippen LogP contribution in [0.25, 0.3) is 0 Å². The van der Waals surface area contributed by atoms with Gasteiger partial charge in [0.2, 0.25) is 0 Å². The van der Waals surface area contributed by atoms with Crippen molar-refractivity contribution in [3.63, 3.8) is 0 Å². The molecule has 2 nitrogen and oxygen atoms in total. The maximum atomic E-state index is 5.69. The third-order valence-electron chi connectivity index (χ3n) is 3.12. The molecule has 1 unspecified atom stereocenters. The first-order valence-corrected chi connectivity index (χ1v) is 5.60. The lowest BCUT2D eigenvalue weighted by atomic mass is 9.79. The predicted molar refractivity (Wildman–Crippen MR) is 62.6 cm³/mol. The number of allylic oxidation sites excluding steroid dienone is 2. The molecule has 1 atom stereocenters. The third kappa shape index (κ3) is 3.18. The van der Waals surface area contributed by atoms with Crippen molar-refractivity contribution < 1.29 is 9.47 Å². The van der Waals surface area contributed by atoms with E-state index in [-0.39, 0.29) is 11.7 Å². The molecule has 0 spiro atoms. The lowest BCUT2D eigenvalue weighted by Gasteiger charge is -2.36. The highest BCUT2D eigenvalue weighted by atomic mass is 16.7. The maximum Gasteiger partial charge on any atom is 0.163 e. The number of ether oxygens (including phenoxy) is 2. The van der Waals surface area contributed by atoms with Crippen molar-refractivity contribution in [2.24, 2.45) is 11.3 Å². The van der Waals surface area contributed by atoms with E-state index in [1.807, 2.05) is 19.1 Å². The zero-order chi connectivity index (χ0) is 11.3. The Hall–Kier alpha value is -0.600. The van der Waals surface area contributed by atoms with E-state index in [2.05, 4.69) is 32.9 Å². The Labute approximate surface area is 93.0 Å². The summed E-state index contributed by atoms with van der Waals surface area (Å²) in [5.41, 5.74) is -0.00146. The Bertz CT molecular complexity index is 231. The molecule has 0 bridgehead atoms. The van der Waals surface area contributed by atoms with E-state index in [0.717, 1.165) is 0 Å². The highest BCUT2D eigenvalue weighted by Crippen LogP contribution is 2.34. The second-order valence-corrected chi connectivity index (χ2v) is 4.61. The molecule has 1 heterocycles. The van der Waals surface area contributed by atoms with Crippen LogP contribution < -0.4 is 0 Å². The molecule has 0 aromatic rings. The molecule has 0 fully saturated rings. The zero-order valence-electron chi connectivity index (χ0n) is 10.2. The van der Waals surface area contributed by atoms with Crippen LogP contribution in [-0.4, -0.2) is 19.5 Å². The normalized spacial score (nSPS) is 21.9. The molecule has 0 aromatic heterocycles. The molecule has 0 saturated carbocycles. The van der Waals surface area contributed by atoms with Crippen LogP contribution in [0.2, 0.25) is 0 Å². The molecule has 0 saturated heterocycles. The molecule has 0 aromatic carbocycles. The van der Waals surface area contributed by atoms with E-state index in [9.17, 15) is 0 Å². The second kappa shape index (κ2) is 5.47. The van der Waals surface area contributed by atoms with Gasteiger partial charge < -0.3 is 9.47 Å². The van der Waals surface area contributed by atoms with Crippen molar-refractivity contribution in [1.29, 1.82) is 0 Å². The van der Waals surface area contributed by atoms with Gasteiger partial charge in [-0.2, -0.15) is 0 Å². The third-order valence-corrected chi connectivity index (χ3v) is 3.12. The van der Waals surface area contributed by atoms with Gasteiger partial charge in [-0.05, 0) is 12.8 Å². The summed E-state index contributed by atoms with van der Waals surface area (Å²) in [7, 11) is 0. The SMILES string of the molecule is CC=CC(C)C(C)(C)C1OCC=CCO1. The second-order valence-electron chi connectivity index (χ2n) is 4.61. The van der Waals surface area contributed by atoms with Crippen LogP contribution in [0.5, 0.6) is 0 Å². The molecule has 1 aliphatic heterocycles. The van der Waals surface area contributed by atoms with Crippen molar-refractivity contribution in [3.05, 3.63) is 24.3 Å². The minimum Gasteiger partial charge on any atom is -0.348 e. The van der Waals surface area contributed by atoms with E-state index < -0.39 is 0 Å². The topological polar surface area (TPSA) is 18.5 Å². The Morgan fingerprint density at radius 1 is 1.27 bits per heavy atom. The van der Waals surface area contributed by atoms with E-state index in [0.29, 0.717) is 19.1 Å². The van der Waals surface area contributed by atoms with Crippen molar-refractivity contribution in [2.45, 2.75) is 34.0 Å². The van der Waals surface area contributed by atoms with Crippen LogP contribution in [0, 0.1) is 11.3 Å². The van der Waals surface area contributed by atoms with Gasteiger partial charge >= 0.3 is 0 Å². The molecule has 0 radical (unpaired) electrons. The molecule has 2 heteroatoms. The molecule has 0 aliphatic carbocycles. The largest absolute Gasteiger partial charge is 0.348 e. The number of hydrogen-bond acceptors (Lipinski definition) is 2. The fourth-order valence-corrected chi connectivity index (χ4v) is 1.65. The molecule has 0 N–H and O–H groups in total. The van der Waals surface area contributed by atoms with Gasteiger partial charge in [0.05, 0.1) is 13.2 Å². The Balaban J connectivity index is 2.66. The quantitative estimate of drug-likeness (QED) is 0.666. The lowest BCUT2D eigenvalue weighted by Crippen LogP contribution is -2.38. The molecule has 1 aliphatic rings. The zero-order valence-corrected chi connectivity index (χ0v) is 10.2. The lowest BCUT2D eigenvalue weighted by molar-refractivity contribution is -0.192. The highest BCUT2D eigenvalue weighted by Gasteiger charge is 2.35. The molecule has 86 valence electrons. The van der Waals surface area contributed by atoms with Crippen LogP contribution in [0.15, 0.2) is 24.3 Å². The van der Waals surface area contributed by atoms with Crippen LogP contribution in [0.1, 0.15) is 27.7 Å². The van der Waals surface area contributed by atoms with E-state index in [1.54, 1.807) is 0 Å². The Morgan fingerprint density at radius 2 is 1.80 bits per heavy atom. The molecule has 1 rings (SSSR count). The van der Waals surface area contributed by atoms with Crippen LogP contribution in [0.4, 0.5) is 0 Å². The van der Waals surface area contributed by atoms with Crippen molar-refractivity contribution in [1.82, 2.24) is 0 Å². The summed E-state index contributed by atoms with van der Waals surface area (Å²) in [6, 6.07) is 0. The van der Waals surface area contributed by atoms with Crippen molar-refractivity contribution in [2.75, 3.05) is 13.2 Å². The van der Waals surface area contributed by atoms with Crippen LogP contribution in [-0.2, 0) is 9.47 Å². The van der Waals surface area contributed by atoms with Gasteiger partial charge in [-0.15, -0.1) is 0 Å². The smallest absolute Gasteiger partial charge is 0.163 e. The Kier molecular flexibility index (Phi) is 4.55. The van der Waals surface area contributed by atoms with Gasteiger partial charge in [0.1, 0.15) is 0 Å². The predicted octanol–water partition coefficient (Wildman–Crippen LogP) is 3.15. The van der Waals surface area contributed by atoms with Gasteiger partial charge in [0.25, 0.3) is 0 Å². The number of hydrogen-bond donors (Lipinski definition) is 0. The average molecular weight is 210 g/mol. The highest BCUT2D eigenvalue weighted by molar-refractivity contribution is 4.95. The summed E-state index contributed by atoms with van der Waals surface area (Å²) in [6.07, 6.45) is 8.18.